The van der Waals surface area contributed by atoms with E-state index < -0.39 is 6.04 Å². The van der Waals surface area contributed by atoms with E-state index in [0.717, 1.165) is 0 Å². The second kappa shape index (κ2) is 8.90. The summed E-state index contributed by atoms with van der Waals surface area (Å²) >= 11 is 12.0. The third kappa shape index (κ3) is 4.83. The van der Waals surface area contributed by atoms with Gasteiger partial charge in [-0.1, -0.05) is 23.2 Å². The summed E-state index contributed by atoms with van der Waals surface area (Å²) in [4.78, 5) is 21.2. The number of carbonyl (C=O) groups is 1. The Balaban J connectivity index is 1.91. The molecule has 0 saturated heterocycles. The van der Waals surface area contributed by atoms with Crippen molar-refractivity contribution in [3.63, 3.8) is 0 Å². The first-order valence-electron chi connectivity index (χ1n) is 8.64. The summed E-state index contributed by atoms with van der Waals surface area (Å²) in [5.74, 6) is 0.471. The molecule has 0 bridgehead atoms. The van der Waals surface area contributed by atoms with Crippen LogP contribution in [0.15, 0.2) is 36.5 Å². The molecule has 0 saturated carbocycles. The van der Waals surface area contributed by atoms with Crippen molar-refractivity contribution < 1.29 is 9.53 Å². The maximum atomic E-state index is 12.6. The monoisotopic (exact) mass is 430 g/mol. The predicted octanol–water partition coefficient (Wildman–Crippen LogP) is 3.73. The lowest BCUT2D eigenvalue weighted by Gasteiger charge is -2.14. The van der Waals surface area contributed by atoms with E-state index in [-0.39, 0.29) is 11.9 Å². The zero-order chi connectivity index (χ0) is 21.0. The Kier molecular flexibility index (Phi) is 6.32. The molecule has 3 rings (SSSR count). The zero-order valence-corrected chi connectivity index (χ0v) is 17.1. The fraction of sp³-hybridized carbons (Fsp3) is 0.211. The molecule has 1 amide bonds. The van der Waals surface area contributed by atoms with E-state index in [0.29, 0.717) is 39.4 Å². The van der Waals surface area contributed by atoms with E-state index in [1.54, 1.807) is 25.1 Å². The van der Waals surface area contributed by atoms with Gasteiger partial charge in [0.25, 0.3) is 5.91 Å². The standard InChI is InChI=1S/C19H16Cl2N6O2/c1-3-29-19-25-17(27(26-19)16-5-4-12(9-22)10-23-16)11(2)24-18(28)13-6-14(20)8-15(21)7-13/h4-8,10-11H,3H2,1-2H3,(H,24,28)/t11-/m0/s1. The molecule has 1 N–H and O–H groups in total. The lowest BCUT2D eigenvalue weighted by atomic mass is 10.2. The van der Waals surface area contributed by atoms with Gasteiger partial charge in [0.05, 0.1) is 18.2 Å². The SMILES string of the molecule is CCOc1nc([C@H](C)NC(=O)c2cc(Cl)cc(Cl)c2)n(-c2ccc(C#N)cn2)n1. The van der Waals surface area contributed by atoms with E-state index in [1.165, 1.54) is 23.0 Å². The van der Waals surface area contributed by atoms with Crippen molar-refractivity contribution in [2.24, 2.45) is 0 Å². The molecule has 0 unspecified atom stereocenters. The van der Waals surface area contributed by atoms with Crippen LogP contribution in [0.5, 0.6) is 6.01 Å². The number of hydrogen-bond acceptors (Lipinski definition) is 6. The third-order valence-corrected chi connectivity index (χ3v) is 4.28. The third-order valence-electron chi connectivity index (χ3n) is 3.84. The first-order chi connectivity index (χ1) is 13.9. The van der Waals surface area contributed by atoms with Crippen molar-refractivity contribution in [3.8, 4) is 17.9 Å². The van der Waals surface area contributed by atoms with Crippen LogP contribution in [0.25, 0.3) is 5.82 Å². The number of carbonyl (C=O) groups excluding carboxylic acids is 1. The highest BCUT2D eigenvalue weighted by Crippen LogP contribution is 2.21. The molecule has 29 heavy (non-hydrogen) atoms. The van der Waals surface area contributed by atoms with Crippen LogP contribution in [0, 0.1) is 11.3 Å². The number of halogens is 2. The van der Waals surface area contributed by atoms with E-state index in [4.69, 9.17) is 33.2 Å². The molecule has 0 fully saturated rings. The van der Waals surface area contributed by atoms with Gasteiger partial charge in [-0.3, -0.25) is 4.79 Å². The molecule has 0 aliphatic heterocycles. The molecule has 2 heterocycles. The Morgan fingerprint density at radius 2 is 2.03 bits per heavy atom. The van der Waals surface area contributed by atoms with E-state index in [2.05, 4.69) is 20.4 Å². The molecule has 1 aromatic carbocycles. The number of nitrogens with one attached hydrogen (secondary N) is 1. The summed E-state index contributed by atoms with van der Waals surface area (Å²) in [6.07, 6.45) is 1.43. The van der Waals surface area contributed by atoms with Crippen LogP contribution in [0.3, 0.4) is 0 Å². The first-order valence-corrected chi connectivity index (χ1v) is 9.40. The van der Waals surface area contributed by atoms with Gasteiger partial charge >= 0.3 is 6.01 Å². The molecule has 0 aliphatic carbocycles. The normalized spacial score (nSPS) is 11.6. The van der Waals surface area contributed by atoms with Crippen LogP contribution in [-0.2, 0) is 0 Å². The Bertz CT molecular complexity index is 1060. The maximum absolute atomic E-state index is 12.6. The quantitative estimate of drug-likeness (QED) is 0.638. The Labute approximate surface area is 177 Å². The number of ether oxygens (including phenoxy) is 1. The van der Waals surface area contributed by atoms with Gasteiger partial charge in [-0.2, -0.15) is 14.9 Å². The van der Waals surface area contributed by atoms with Gasteiger partial charge in [0.1, 0.15) is 6.07 Å². The van der Waals surface area contributed by atoms with Gasteiger partial charge in [-0.25, -0.2) is 4.98 Å². The van der Waals surface area contributed by atoms with Gasteiger partial charge in [-0.15, -0.1) is 5.10 Å². The highest BCUT2D eigenvalue weighted by Gasteiger charge is 2.21. The van der Waals surface area contributed by atoms with Crippen LogP contribution < -0.4 is 10.1 Å². The lowest BCUT2D eigenvalue weighted by Crippen LogP contribution is -2.28. The van der Waals surface area contributed by atoms with Crippen LogP contribution in [0.4, 0.5) is 0 Å². The Morgan fingerprint density at radius 3 is 2.62 bits per heavy atom. The summed E-state index contributed by atoms with van der Waals surface area (Å²) in [6, 6.07) is 9.47. The minimum Gasteiger partial charge on any atom is -0.463 e. The van der Waals surface area contributed by atoms with Crippen molar-refractivity contribution in [3.05, 3.63) is 63.5 Å². The number of nitriles is 1. The van der Waals surface area contributed by atoms with E-state index >= 15 is 0 Å². The molecule has 10 heteroatoms. The predicted molar refractivity (Wildman–Crippen MR) is 107 cm³/mol. The van der Waals surface area contributed by atoms with E-state index in [1.807, 2.05) is 13.0 Å². The highest BCUT2D eigenvalue weighted by atomic mass is 35.5. The molecule has 1 atom stereocenters. The first kappa shape index (κ1) is 20.6. The second-order valence-electron chi connectivity index (χ2n) is 5.97. The number of pyridine rings is 1. The van der Waals surface area contributed by atoms with Gasteiger partial charge < -0.3 is 10.1 Å². The minimum atomic E-state index is -0.542. The number of amides is 1. The summed E-state index contributed by atoms with van der Waals surface area (Å²) in [6.45, 7) is 3.95. The topological polar surface area (TPSA) is 106 Å². The number of aromatic nitrogens is 4. The summed E-state index contributed by atoms with van der Waals surface area (Å²) in [7, 11) is 0. The Morgan fingerprint density at radius 1 is 1.31 bits per heavy atom. The lowest BCUT2D eigenvalue weighted by molar-refractivity contribution is 0.0937. The molecule has 3 aromatic rings. The van der Waals surface area contributed by atoms with Gasteiger partial charge in [0.2, 0.25) is 0 Å². The van der Waals surface area contributed by atoms with Crippen molar-refractivity contribution in [2.75, 3.05) is 6.61 Å². The van der Waals surface area contributed by atoms with Crippen molar-refractivity contribution in [1.29, 1.82) is 5.26 Å². The highest BCUT2D eigenvalue weighted by molar-refractivity contribution is 6.35. The summed E-state index contributed by atoms with van der Waals surface area (Å²) in [5, 5.41) is 16.8. The number of rotatable bonds is 6. The largest absolute Gasteiger partial charge is 0.463 e. The Hall–Kier alpha value is -3.15. The molecular weight excluding hydrogens is 415 g/mol. The minimum absolute atomic E-state index is 0.153. The van der Waals surface area contributed by atoms with E-state index in [9.17, 15) is 4.79 Å². The van der Waals surface area contributed by atoms with Crippen molar-refractivity contribution in [1.82, 2.24) is 25.1 Å². The van der Waals surface area contributed by atoms with Gasteiger partial charge in [0, 0.05) is 21.8 Å². The molecule has 0 aliphatic rings. The molecule has 0 radical (unpaired) electrons. The van der Waals surface area contributed by atoms with Crippen LogP contribution in [0.1, 0.15) is 41.6 Å². The van der Waals surface area contributed by atoms with Gasteiger partial charge in [-0.05, 0) is 44.2 Å². The molecular formula is C19H16Cl2N6O2. The zero-order valence-electron chi connectivity index (χ0n) is 15.6. The maximum Gasteiger partial charge on any atom is 0.336 e. The summed E-state index contributed by atoms with van der Waals surface area (Å²) in [5.41, 5.74) is 0.738. The second-order valence-corrected chi connectivity index (χ2v) is 6.84. The number of benzene rings is 1. The molecule has 0 spiro atoms. The average Bonchev–Trinajstić information content (AvgIpc) is 3.11. The van der Waals surface area contributed by atoms with Crippen LogP contribution in [-0.4, -0.2) is 32.3 Å². The van der Waals surface area contributed by atoms with Gasteiger partial charge in [0.15, 0.2) is 11.6 Å². The molecule has 8 nitrogen and oxygen atoms in total. The van der Waals surface area contributed by atoms with Crippen LogP contribution >= 0.6 is 23.2 Å². The fourth-order valence-corrected chi connectivity index (χ4v) is 3.08. The van der Waals surface area contributed by atoms with Crippen molar-refractivity contribution >= 4 is 29.1 Å². The fourth-order valence-electron chi connectivity index (χ4n) is 2.55. The molecule has 2 aromatic heterocycles. The summed E-state index contributed by atoms with van der Waals surface area (Å²) < 4.78 is 6.85. The smallest absolute Gasteiger partial charge is 0.336 e. The van der Waals surface area contributed by atoms with Crippen LogP contribution in [0.2, 0.25) is 10.0 Å². The number of hydrogen-bond donors (Lipinski definition) is 1. The van der Waals surface area contributed by atoms with Crippen molar-refractivity contribution in [2.45, 2.75) is 19.9 Å². The average molecular weight is 431 g/mol. The molecule has 148 valence electrons. The number of nitrogens with zero attached hydrogens (tertiary/aromatic N) is 5.